The van der Waals surface area contributed by atoms with Gasteiger partial charge in [-0.25, -0.2) is 13.1 Å². The zero-order valence-electron chi connectivity index (χ0n) is 14.4. The summed E-state index contributed by atoms with van der Waals surface area (Å²) in [5, 5.41) is 0. The van der Waals surface area contributed by atoms with E-state index in [4.69, 9.17) is 9.47 Å². The Labute approximate surface area is 143 Å². The molecule has 2 aromatic carbocycles. The van der Waals surface area contributed by atoms with Crippen LogP contribution in [0.3, 0.4) is 0 Å². The van der Waals surface area contributed by atoms with E-state index in [2.05, 4.69) is 4.72 Å². The molecule has 0 fully saturated rings. The molecule has 0 atom stereocenters. The Hall–Kier alpha value is -2.05. The minimum absolute atomic E-state index is 0.212. The summed E-state index contributed by atoms with van der Waals surface area (Å²) in [5.41, 5.74) is 2.47. The third-order valence-electron chi connectivity index (χ3n) is 3.69. The second-order valence-corrected chi connectivity index (χ2v) is 7.22. The first-order valence-electron chi connectivity index (χ1n) is 7.74. The highest BCUT2D eigenvalue weighted by atomic mass is 32.2. The third kappa shape index (κ3) is 4.27. The van der Waals surface area contributed by atoms with Gasteiger partial charge in [0.05, 0.1) is 18.6 Å². The second kappa shape index (κ2) is 7.68. The van der Waals surface area contributed by atoms with Crippen molar-refractivity contribution in [2.45, 2.75) is 32.2 Å². The van der Waals surface area contributed by atoms with E-state index in [1.807, 2.05) is 32.0 Å². The van der Waals surface area contributed by atoms with Crippen molar-refractivity contribution in [2.24, 2.45) is 0 Å². The second-order valence-electron chi connectivity index (χ2n) is 5.49. The van der Waals surface area contributed by atoms with Crippen LogP contribution in [0.4, 0.5) is 0 Å². The van der Waals surface area contributed by atoms with E-state index in [-0.39, 0.29) is 11.4 Å². The molecule has 0 saturated carbocycles. The van der Waals surface area contributed by atoms with E-state index in [0.29, 0.717) is 17.9 Å². The number of benzene rings is 2. The normalized spacial score (nSPS) is 11.3. The van der Waals surface area contributed by atoms with Crippen LogP contribution >= 0.6 is 0 Å². The fraction of sp³-hybridized carbons (Fsp3) is 0.333. The molecule has 0 saturated heterocycles. The maximum atomic E-state index is 12.6. The number of rotatable bonds is 7. The summed E-state index contributed by atoms with van der Waals surface area (Å²) in [6, 6.07) is 10.7. The lowest BCUT2D eigenvalue weighted by Crippen LogP contribution is -2.24. The summed E-state index contributed by atoms with van der Waals surface area (Å²) in [6.45, 7) is 6.26. The van der Waals surface area contributed by atoms with E-state index in [0.717, 1.165) is 16.9 Å². The molecule has 0 heterocycles. The molecule has 0 aliphatic carbocycles. The van der Waals surface area contributed by atoms with Crippen molar-refractivity contribution in [1.82, 2.24) is 4.72 Å². The molecule has 0 aliphatic heterocycles. The molecule has 2 rings (SSSR count). The topological polar surface area (TPSA) is 64.6 Å². The predicted octanol–water partition coefficient (Wildman–Crippen LogP) is 3.19. The van der Waals surface area contributed by atoms with Gasteiger partial charge in [0.15, 0.2) is 0 Å². The van der Waals surface area contributed by atoms with Crippen molar-refractivity contribution >= 4 is 10.0 Å². The van der Waals surface area contributed by atoms with Crippen LogP contribution in [-0.4, -0.2) is 22.1 Å². The number of nitrogens with one attached hydrogen (secondary N) is 1. The molecule has 0 radical (unpaired) electrons. The molecule has 1 N–H and O–H groups in total. The number of methoxy groups -OCH3 is 1. The average molecular weight is 349 g/mol. The fourth-order valence-electron chi connectivity index (χ4n) is 2.41. The minimum atomic E-state index is -3.62. The van der Waals surface area contributed by atoms with Gasteiger partial charge in [-0.1, -0.05) is 18.2 Å². The predicted molar refractivity (Wildman–Crippen MR) is 94.1 cm³/mol. The van der Waals surface area contributed by atoms with Crippen LogP contribution in [0.25, 0.3) is 0 Å². The van der Waals surface area contributed by atoms with Gasteiger partial charge in [-0.15, -0.1) is 0 Å². The fourth-order valence-corrected chi connectivity index (χ4v) is 3.67. The Bertz CT molecular complexity index is 799. The number of hydrogen-bond acceptors (Lipinski definition) is 4. The SMILES string of the molecule is CCOc1cc(S(=O)(=O)NCc2ccc(OC)cc2)c(C)cc1C. The lowest BCUT2D eigenvalue weighted by atomic mass is 10.1. The van der Waals surface area contributed by atoms with Gasteiger partial charge >= 0.3 is 0 Å². The molecule has 0 aromatic heterocycles. The van der Waals surface area contributed by atoms with E-state index >= 15 is 0 Å². The van der Waals surface area contributed by atoms with Crippen LogP contribution in [0.1, 0.15) is 23.6 Å². The highest BCUT2D eigenvalue weighted by molar-refractivity contribution is 7.89. The summed E-state index contributed by atoms with van der Waals surface area (Å²) >= 11 is 0. The molecule has 130 valence electrons. The molecule has 24 heavy (non-hydrogen) atoms. The van der Waals surface area contributed by atoms with Crippen molar-refractivity contribution in [1.29, 1.82) is 0 Å². The minimum Gasteiger partial charge on any atom is -0.497 e. The Morgan fingerprint density at radius 2 is 1.71 bits per heavy atom. The Morgan fingerprint density at radius 1 is 1.04 bits per heavy atom. The van der Waals surface area contributed by atoms with Gasteiger partial charge in [0.2, 0.25) is 10.0 Å². The first-order chi connectivity index (χ1) is 11.4. The van der Waals surface area contributed by atoms with E-state index < -0.39 is 10.0 Å². The monoisotopic (exact) mass is 349 g/mol. The van der Waals surface area contributed by atoms with Gasteiger partial charge in [0.25, 0.3) is 0 Å². The lowest BCUT2D eigenvalue weighted by molar-refractivity contribution is 0.336. The van der Waals surface area contributed by atoms with Gasteiger partial charge in [0.1, 0.15) is 11.5 Å². The molecule has 0 aliphatic rings. The van der Waals surface area contributed by atoms with Crippen molar-refractivity contribution in [2.75, 3.05) is 13.7 Å². The first-order valence-corrected chi connectivity index (χ1v) is 9.22. The highest BCUT2D eigenvalue weighted by Gasteiger charge is 2.19. The van der Waals surface area contributed by atoms with Gasteiger partial charge < -0.3 is 9.47 Å². The largest absolute Gasteiger partial charge is 0.497 e. The van der Waals surface area contributed by atoms with Crippen LogP contribution in [0.5, 0.6) is 11.5 Å². The number of ether oxygens (including phenoxy) is 2. The van der Waals surface area contributed by atoms with Crippen LogP contribution in [0.15, 0.2) is 41.3 Å². The smallest absolute Gasteiger partial charge is 0.241 e. The summed E-state index contributed by atoms with van der Waals surface area (Å²) < 4.78 is 38.5. The quantitative estimate of drug-likeness (QED) is 0.834. The zero-order chi connectivity index (χ0) is 17.7. The maximum absolute atomic E-state index is 12.6. The summed E-state index contributed by atoms with van der Waals surface area (Å²) in [6.07, 6.45) is 0. The van der Waals surface area contributed by atoms with E-state index in [1.54, 1.807) is 32.2 Å². The molecule has 6 heteroatoms. The Morgan fingerprint density at radius 3 is 2.29 bits per heavy atom. The molecular formula is C18H23NO4S. The Kier molecular flexibility index (Phi) is 5.85. The van der Waals surface area contributed by atoms with Crippen molar-refractivity contribution in [3.63, 3.8) is 0 Å². The van der Waals surface area contributed by atoms with Crippen molar-refractivity contribution in [3.05, 3.63) is 53.1 Å². The average Bonchev–Trinajstić information content (AvgIpc) is 2.56. The summed E-state index contributed by atoms with van der Waals surface area (Å²) in [4.78, 5) is 0.241. The lowest BCUT2D eigenvalue weighted by Gasteiger charge is -2.14. The van der Waals surface area contributed by atoms with E-state index in [9.17, 15) is 8.42 Å². The van der Waals surface area contributed by atoms with Crippen molar-refractivity contribution in [3.8, 4) is 11.5 Å². The van der Waals surface area contributed by atoms with Crippen LogP contribution in [0.2, 0.25) is 0 Å². The first kappa shape index (κ1) is 18.3. The number of hydrogen-bond donors (Lipinski definition) is 1. The van der Waals surface area contributed by atoms with Crippen LogP contribution in [-0.2, 0) is 16.6 Å². The van der Waals surface area contributed by atoms with Gasteiger partial charge in [-0.2, -0.15) is 0 Å². The van der Waals surface area contributed by atoms with Crippen molar-refractivity contribution < 1.29 is 17.9 Å². The highest BCUT2D eigenvalue weighted by Crippen LogP contribution is 2.26. The molecular weight excluding hydrogens is 326 g/mol. The molecule has 0 amide bonds. The Balaban J connectivity index is 2.21. The molecule has 0 bridgehead atoms. The van der Waals surface area contributed by atoms with E-state index in [1.165, 1.54) is 0 Å². The number of sulfonamides is 1. The maximum Gasteiger partial charge on any atom is 0.241 e. The van der Waals surface area contributed by atoms with Gasteiger partial charge in [0, 0.05) is 12.6 Å². The summed E-state index contributed by atoms with van der Waals surface area (Å²) in [7, 11) is -2.03. The summed E-state index contributed by atoms with van der Waals surface area (Å²) in [5.74, 6) is 1.32. The third-order valence-corrected chi connectivity index (χ3v) is 5.23. The standard InChI is InChI=1S/C18H23NO4S/c1-5-23-17-11-18(14(3)10-13(17)2)24(20,21)19-12-15-6-8-16(22-4)9-7-15/h6-11,19H,5,12H2,1-4H3. The van der Waals surface area contributed by atoms with Gasteiger partial charge in [-0.05, 0) is 49.6 Å². The van der Waals surface area contributed by atoms with Crippen LogP contribution < -0.4 is 14.2 Å². The molecule has 0 unspecified atom stereocenters. The number of aryl methyl sites for hydroxylation is 2. The molecule has 0 spiro atoms. The zero-order valence-corrected chi connectivity index (χ0v) is 15.2. The van der Waals surface area contributed by atoms with Gasteiger partial charge in [-0.3, -0.25) is 0 Å². The molecule has 2 aromatic rings. The molecule has 5 nitrogen and oxygen atoms in total. The van der Waals surface area contributed by atoms with Crippen LogP contribution in [0, 0.1) is 13.8 Å².